The Labute approximate surface area is 143 Å². The second-order valence-electron chi connectivity index (χ2n) is 6.06. The van der Waals surface area contributed by atoms with Crippen LogP contribution in [0.3, 0.4) is 0 Å². The molecule has 0 radical (unpaired) electrons. The van der Waals surface area contributed by atoms with Crippen molar-refractivity contribution in [2.45, 2.75) is 20.0 Å². The molecule has 1 saturated heterocycles. The Morgan fingerprint density at radius 1 is 1.17 bits per heavy atom. The van der Waals surface area contributed by atoms with E-state index in [4.69, 9.17) is 9.47 Å². The maximum atomic E-state index is 5.47. The Kier molecular flexibility index (Phi) is 5.37. The standard InChI is InChI=1S/C18H26N4O2/c1-14-17(13-19-12-15-4-6-16(23-3)7-5-15)18(21(2)20-14)22-8-10-24-11-9-22/h4-7,19H,8-13H2,1-3H3. The predicted molar refractivity (Wildman–Crippen MR) is 94.5 cm³/mol. The van der Waals surface area contributed by atoms with Gasteiger partial charge in [-0.2, -0.15) is 5.10 Å². The quantitative estimate of drug-likeness (QED) is 0.876. The van der Waals surface area contributed by atoms with Crippen molar-refractivity contribution < 1.29 is 9.47 Å². The topological polar surface area (TPSA) is 51.5 Å². The molecule has 1 aliphatic rings. The van der Waals surface area contributed by atoms with Gasteiger partial charge >= 0.3 is 0 Å². The molecule has 1 aromatic carbocycles. The fraction of sp³-hybridized carbons (Fsp3) is 0.500. The van der Waals surface area contributed by atoms with Crippen LogP contribution in [0.2, 0.25) is 0 Å². The SMILES string of the molecule is COc1ccc(CNCc2c(C)nn(C)c2N2CCOCC2)cc1. The van der Waals surface area contributed by atoms with Gasteiger partial charge in [-0.25, -0.2) is 0 Å². The number of aryl methyl sites for hydroxylation is 2. The number of aromatic nitrogens is 2. The summed E-state index contributed by atoms with van der Waals surface area (Å²) < 4.78 is 12.7. The molecule has 24 heavy (non-hydrogen) atoms. The third kappa shape index (κ3) is 3.71. The molecular formula is C18H26N4O2. The minimum atomic E-state index is 0.781. The molecule has 1 aliphatic heterocycles. The lowest BCUT2D eigenvalue weighted by Crippen LogP contribution is -2.38. The largest absolute Gasteiger partial charge is 0.497 e. The molecule has 0 unspecified atom stereocenters. The first kappa shape index (κ1) is 16.8. The van der Waals surface area contributed by atoms with E-state index in [0.29, 0.717) is 0 Å². The maximum Gasteiger partial charge on any atom is 0.131 e. The highest BCUT2D eigenvalue weighted by molar-refractivity contribution is 5.50. The lowest BCUT2D eigenvalue weighted by molar-refractivity contribution is 0.122. The first-order valence-corrected chi connectivity index (χ1v) is 8.38. The van der Waals surface area contributed by atoms with Gasteiger partial charge in [-0.15, -0.1) is 0 Å². The summed E-state index contributed by atoms with van der Waals surface area (Å²) in [6.07, 6.45) is 0. The molecule has 6 heteroatoms. The van der Waals surface area contributed by atoms with Crippen molar-refractivity contribution in [3.8, 4) is 5.75 Å². The van der Waals surface area contributed by atoms with Crippen molar-refractivity contribution in [1.82, 2.24) is 15.1 Å². The molecule has 0 atom stereocenters. The molecule has 2 heterocycles. The molecule has 1 aromatic heterocycles. The molecule has 6 nitrogen and oxygen atoms in total. The summed E-state index contributed by atoms with van der Waals surface area (Å²) in [6.45, 7) is 7.11. The highest BCUT2D eigenvalue weighted by atomic mass is 16.5. The van der Waals surface area contributed by atoms with Gasteiger partial charge in [-0.3, -0.25) is 4.68 Å². The van der Waals surface area contributed by atoms with E-state index in [1.54, 1.807) is 7.11 Å². The first-order valence-electron chi connectivity index (χ1n) is 8.38. The number of nitrogens with one attached hydrogen (secondary N) is 1. The number of anilines is 1. The molecule has 2 aromatic rings. The van der Waals surface area contributed by atoms with Crippen LogP contribution >= 0.6 is 0 Å². The van der Waals surface area contributed by atoms with Crippen LogP contribution < -0.4 is 15.0 Å². The maximum absolute atomic E-state index is 5.47. The van der Waals surface area contributed by atoms with Crippen LogP contribution in [0.25, 0.3) is 0 Å². The Balaban J connectivity index is 1.65. The van der Waals surface area contributed by atoms with Crippen LogP contribution in [0.5, 0.6) is 5.75 Å². The molecule has 130 valence electrons. The fourth-order valence-corrected chi connectivity index (χ4v) is 3.14. The second kappa shape index (κ2) is 7.68. The van der Waals surface area contributed by atoms with Crippen LogP contribution in [0, 0.1) is 6.92 Å². The average molecular weight is 330 g/mol. The number of methoxy groups -OCH3 is 1. The van der Waals surface area contributed by atoms with Gasteiger partial charge in [0, 0.05) is 38.8 Å². The van der Waals surface area contributed by atoms with Crippen molar-refractivity contribution in [3.05, 3.63) is 41.1 Å². The number of benzene rings is 1. The summed E-state index contributed by atoms with van der Waals surface area (Å²) in [5.74, 6) is 2.09. The summed E-state index contributed by atoms with van der Waals surface area (Å²) in [6, 6.07) is 8.16. The summed E-state index contributed by atoms with van der Waals surface area (Å²) in [7, 11) is 3.70. The minimum Gasteiger partial charge on any atom is -0.497 e. The molecule has 0 spiro atoms. The monoisotopic (exact) mass is 330 g/mol. The van der Waals surface area contributed by atoms with Gasteiger partial charge in [0.25, 0.3) is 0 Å². The van der Waals surface area contributed by atoms with Crippen LogP contribution in [-0.2, 0) is 24.9 Å². The van der Waals surface area contributed by atoms with E-state index in [9.17, 15) is 0 Å². The lowest BCUT2D eigenvalue weighted by atomic mass is 10.2. The van der Waals surface area contributed by atoms with Gasteiger partial charge in [0.05, 0.1) is 26.0 Å². The van der Waals surface area contributed by atoms with Gasteiger partial charge < -0.3 is 19.7 Å². The smallest absolute Gasteiger partial charge is 0.131 e. The molecule has 1 N–H and O–H groups in total. The van der Waals surface area contributed by atoms with Crippen molar-refractivity contribution in [1.29, 1.82) is 0 Å². The number of nitrogens with zero attached hydrogens (tertiary/aromatic N) is 3. The summed E-state index contributed by atoms with van der Waals surface area (Å²) >= 11 is 0. The van der Waals surface area contributed by atoms with Gasteiger partial charge in [0.2, 0.25) is 0 Å². The number of rotatable bonds is 6. The Bertz CT molecular complexity index is 660. The third-order valence-electron chi connectivity index (χ3n) is 4.41. The highest BCUT2D eigenvalue weighted by Crippen LogP contribution is 2.24. The minimum absolute atomic E-state index is 0.781. The zero-order chi connectivity index (χ0) is 16.9. The van der Waals surface area contributed by atoms with E-state index >= 15 is 0 Å². The van der Waals surface area contributed by atoms with E-state index in [2.05, 4.69) is 34.4 Å². The van der Waals surface area contributed by atoms with Crippen molar-refractivity contribution in [3.63, 3.8) is 0 Å². The summed E-state index contributed by atoms with van der Waals surface area (Å²) in [5, 5.41) is 8.15. The van der Waals surface area contributed by atoms with Gasteiger partial charge in [0.15, 0.2) is 0 Å². The number of morpholine rings is 1. The third-order valence-corrected chi connectivity index (χ3v) is 4.41. The Morgan fingerprint density at radius 3 is 2.54 bits per heavy atom. The molecule has 0 saturated carbocycles. The zero-order valence-electron chi connectivity index (χ0n) is 14.7. The van der Waals surface area contributed by atoms with E-state index in [1.807, 2.05) is 23.9 Å². The highest BCUT2D eigenvalue weighted by Gasteiger charge is 2.20. The Morgan fingerprint density at radius 2 is 1.88 bits per heavy atom. The number of ether oxygens (including phenoxy) is 2. The summed E-state index contributed by atoms with van der Waals surface area (Å²) in [5.41, 5.74) is 3.60. The van der Waals surface area contributed by atoms with Crippen molar-refractivity contribution in [2.24, 2.45) is 7.05 Å². The van der Waals surface area contributed by atoms with E-state index in [0.717, 1.165) is 50.8 Å². The first-order chi connectivity index (χ1) is 11.7. The van der Waals surface area contributed by atoms with Gasteiger partial charge in [-0.1, -0.05) is 12.1 Å². The van der Waals surface area contributed by atoms with Gasteiger partial charge in [0.1, 0.15) is 11.6 Å². The Hall–Kier alpha value is -2.05. The number of hydrogen-bond acceptors (Lipinski definition) is 5. The molecule has 3 rings (SSSR count). The fourth-order valence-electron chi connectivity index (χ4n) is 3.14. The van der Waals surface area contributed by atoms with Gasteiger partial charge in [-0.05, 0) is 24.6 Å². The van der Waals surface area contributed by atoms with Crippen LogP contribution in [0.4, 0.5) is 5.82 Å². The molecule has 0 aliphatic carbocycles. The molecule has 1 fully saturated rings. The molecular weight excluding hydrogens is 304 g/mol. The molecule has 0 amide bonds. The van der Waals surface area contributed by atoms with E-state index < -0.39 is 0 Å². The molecule has 0 bridgehead atoms. The summed E-state index contributed by atoms with van der Waals surface area (Å²) in [4.78, 5) is 2.37. The van der Waals surface area contributed by atoms with Crippen LogP contribution in [0.15, 0.2) is 24.3 Å². The lowest BCUT2D eigenvalue weighted by Gasteiger charge is -2.29. The average Bonchev–Trinajstić information content (AvgIpc) is 2.90. The van der Waals surface area contributed by atoms with Crippen molar-refractivity contribution in [2.75, 3.05) is 38.3 Å². The second-order valence-corrected chi connectivity index (χ2v) is 6.06. The van der Waals surface area contributed by atoms with Crippen molar-refractivity contribution >= 4 is 5.82 Å². The van der Waals surface area contributed by atoms with E-state index in [-0.39, 0.29) is 0 Å². The van der Waals surface area contributed by atoms with E-state index in [1.165, 1.54) is 16.9 Å². The van der Waals surface area contributed by atoms with Crippen LogP contribution in [0.1, 0.15) is 16.8 Å². The van der Waals surface area contributed by atoms with Crippen LogP contribution in [-0.4, -0.2) is 43.2 Å². The normalized spacial score (nSPS) is 14.9. The predicted octanol–water partition coefficient (Wildman–Crippen LogP) is 1.86. The number of hydrogen-bond donors (Lipinski definition) is 1. The zero-order valence-corrected chi connectivity index (χ0v) is 14.7.